The Kier molecular flexibility index (Phi) is 20.5. The first-order chi connectivity index (χ1) is 38.5. The Morgan fingerprint density at radius 3 is 1.46 bits per heavy atom. The number of hydrogen-bond donors (Lipinski definition) is 2. The van der Waals surface area contributed by atoms with Gasteiger partial charge >= 0.3 is 47.8 Å². The Hall–Kier alpha value is -7.61. The number of fused-ring (bicyclic) bond motifs is 2. The normalized spacial score (nSPS) is 24.9. The molecule has 0 saturated carbocycles. The second-order valence-corrected chi connectivity index (χ2v) is 21.4. The van der Waals surface area contributed by atoms with Crippen molar-refractivity contribution < 1.29 is 95.3 Å². The fourth-order valence-electron chi connectivity index (χ4n) is 9.96. The second-order valence-electron chi connectivity index (χ2n) is 19.1. The molecule has 1 aromatic heterocycles. The van der Waals surface area contributed by atoms with Gasteiger partial charge in [-0.15, -0.1) is 0 Å². The molecule has 2 N–H and O–H groups in total. The Bertz CT molecular complexity index is 2960. The molecule has 0 radical (unpaired) electrons. The number of esters is 8. The fourth-order valence-corrected chi connectivity index (χ4v) is 12.7. The zero-order valence-electron chi connectivity index (χ0n) is 45.6. The van der Waals surface area contributed by atoms with E-state index in [0.29, 0.717) is 29.3 Å². The molecule has 23 nitrogen and oxygen atoms in total. The summed E-state index contributed by atoms with van der Waals surface area (Å²) in [4.78, 5) is 135. The van der Waals surface area contributed by atoms with Gasteiger partial charge in [0.25, 0.3) is 5.91 Å². The monoisotopic (exact) mass is 1160 g/mol. The average Bonchev–Trinajstić information content (AvgIpc) is 3.45. The molecule has 81 heavy (non-hydrogen) atoms. The van der Waals surface area contributed by atoms with E-state index in [-0.39, 0.29) is 33.0 Å². The predicted molar refractivity (Wildman–Crippen MR) is 286 cm³/mol. The van der Waals surface area contributed by atoms with Crippen molar-refractivity contribution in [2.45, 2.75) is 157 Å². The SMILES string of the molecule is CC(=O)N[C@@H]1CCC(c2cc(SC3OC(COC(C)=O)C(OC(C)=O)C(OC(C)=O)C3OC(C)=O)c(C(=O)Nc3cccc4cccnc34)c(SC3OC(COC(C)=O)C(OC(C)=O)C(OC(C)=O)C3OC(C)=O)c2)c2ccccc21. The van der Waals surface area contributed by atoms with Gasteiger partial charge in [-0.25, -0.2) is 0 Å². The quantitative estimate of drug-likeness (QED) is 0.0860. The highest BCUT2D eigenvalue weighted by Gasteiger charge is 2.55. The molecule has 12 atom stereocenters. The topological polar surface area (TPSA) is 300 Å². The average molecular weight is 1160 g/mol. The van der Waals surface area contributed by atoms with Gasteiger partial charge in [0.15, 0.2) is 36.6 Å². The van der Waals surface area contributed by atoms with Crippen molar-refractivity contribution in [2.75, 3.05) is 18.5 Å². The first-order valence-electron chi connectivity index (χ1n) is 25.6. The maximum atomic E-state index is 15.8. The van der Waals surface area contributed by atoms with Crippen LogP contribution in [0.4, 0.5) is 5.69 Å². The first kappa shape index (κ1) is 61.0. The number of benzene rings is 3. The molecule has 2 fully saturated rings. The number of aromatic nitrogens is 1. The Morgan fingerprint density at radius 1 is 0.531 bits per heavy atom. The molecule has 0 bridgehead atoms. The molecule has 7 rings (SSSR count). The van der Waals surface area contributed by atoms with Gasteiger partial charge in [-0.1, -0.05) is 66.0 Å². The van der Waals surface area contributed by atoms with Crippen molar-refractivity contribution in [3.8, 4) is 0 Å². The molecule has 2 saturated heterocycles. The number of nitrogens with one attached hydrogen (secondary N) is 2. The van der Waals surface area contributed by atoms with Crippen molar-refractivity contribution in [1.29, 1.82) is 0 Å². The number of pyridine rings is 1. The van der Waals surface area contributed by atoms with Crippen LogP contribution in [0.25, 0.3) is 10.9 Å². The van der Waals surface area contributed by atoms with Crippen molar-refractivity contribution in [2.24, 2.45) is 0 Å². The fraction of sp³-hybridized carbons (Fsp3) is 0.446. The van der Waals surface area contributed by atoms with Crippen LogP contribution >= 0.6 is 23.5 Å². The van der Waals surface area contributed by atoms with Gasteiger partial charge < -0.3 is 58.0 Å². The standard InChI is InChI=1S/C56H61N3O20S2/c1-26(60)58-40-20-19-37(38-16-10-11-17-39(38)40)36-22-44(80-55-52(76-33(8)67)50(74-31(6)65)48(72-29(4)63)42(78-55)24-70-27(2)61)46(54(69)59-41-18-12-14-35-15-13-21-57-47(35)41)45(23-36)81-56-53(77-34(9)68)51(75-32(7)66)49(73-30(5)64)43(79-56)25-71-28(3)62/h10-18,21-23,37,40,42-43,48-53,55-56H,19-20,24-25H2,1-9H3,(H,58,60)(H,59,69)/t37?,40-,42?,43?,48?,49?,50?,51?,52?,53?,55?,56?/m1/s1. The van der Waals surface area contributed by atoms with Crippen LogP contribution in [0.5, 0.6) is 0 Å². The van der Waals surface area contributed by atoms with E-state index in [1.54, 1.807) is 48.7 Å². The summed E-state index contributed by atoms with van der Waals surface area (Å²) in [5.74, 6) is -8.25. The van der Waals surface area contributed by atoms with Gasteiger partial charge in [0.2, 0.25) is 5.91 Å². The minimum absolute atomic E-state index is 0.105. The lowest BCUT2D eigenvalue weighted by molar-refractivity contribution is -0.237. The van der Waals surface area contributed by atoms with E-state index in [0.717, 1.165) is 90.0 Å². The molecule has 3 heterocycles. The predicted octanol–water partition coefficient (Wildman–Crippen LogP) is 5.94. The van der Waals surface area contributed by atoms with Crippen molar-refractivity contribution >= 4 is 99.7 Å². The number of thioether (sulfide) groups is 2. The third kappa shape index (κ3) is 15.6. The molecular formula is C56H61N3O20S2. The highest BCUT2D eigenvalue weighted by Crippen LogP contribution is 2.49. The van der Waals surface area contributed by atoms with Crippen LogP contribution in [0.3, 0.4) is 0 Å². The van der Waals surface area contributed by atoms with Crippen LogP contribution in [-0.4, -0.2) is 137 Å². The summed E-state index contributed by atoms with van der Waals surface area (Å²) >= 11 is 1.66. The number of carbonyl (C=O) groups is 10. The molecule has 0 spiro atoms. The molecule has 11 unspecified atom stereocenters. The van der Waals surface area contributed by atoms with Gasteiger partial charge in [0.05, 0.1) is 22.8 Å². The molecule has 3 aromatic carbocycles. The van der Waals surface area contributed by atoms with Gasteiger partial charge in [-0.2, -0.15) is 0 Å². The third-order valence-corrected chi connectivity index (χ3v) is 15.2. The zero-order valence-corrected chi connectivity index (χ0v) is 47.2. The number of hydrogen-bond acceptors (Lipinski definition) is 23. The molecule has 25 heteroatoms. The number of ether oxygens (including phenoxy) is 10. The number of carbonyl (C=O) groups excluding carboxylic acids is 10. The maximum Gasteiger partial charge on any atom is 0.303 e. The van der Waals surface area contributed by atoms with E-state index in [1.807, 2.05) is 24.3 Å². The smallest absolute Gasteiger partial charge is 0.303 e. The van der Waals surface area contributed by atoms with E-state index in [1.165, 1.54) is 6.92 Å². The van der Waals surface area contributed by atoms with Crippen LogP contribution in [-0.2, 0) is 90.5 Å². The van der Waals surface area contributed by atoms with Crippen LogP contribution < -0.4 is 10.6 Å². The minimum atomic E-state index is -1.61. The summed E-state index contributed by atoms with van der Waals surface area (Å²) in [5.41, 5.74) is -0.282. The van der Waals surface area contributed by atoms with Gasteiger partial charge in [-0.3, -0.25) is 52.9 Å². The Labute approximate surface area is 473 Å². The van der Waals surface area contributed by atoms with Crippen LogP contribution in [0.2, 0.25) is 0 Å². The first-order valence-corrected chi connectivity index (χ1v) is 27.4. The van der Waals surface area contributed by atoms with E-state index in [9.17, 15) is 43.2 Å². The van der Waals surface area contributed by atoms with Gasteiger partial charge in [0.1, 0.15) is 36.3 Å². The number of anilines is 1. The Balaban J connectivity index is 1.52. The molecule has 432 valence electrons. The summed E-state index contributed by atoms with van der Waals surface area (Å²) < 4.78 is 58.7. The molecule has 1 aliphatic carbocycles. The number of amides is 2. The van der Waals surface area contributed by atoms with Crippen molar-refractivity contribution in [3.63, 3.8) is 0 Å². The van der Waals surface area contributed by atoms with Gasteiger partial charge in [0, 0.05) is 89.6 Å². The summed E-state index contributed by atoms with van der Waals surface area (Å²) in [7, 11) is 0. The lowest BCUT2D eigenvalue weighted by atomic mass is 9.76. The van der Waals surface area contributed by atoms with E-state index in [2.05, 4.69) is 15.6 Å². The van der Waals surface area contributed by atoms with Gasteiger partial charge in [-0.05, 0) is 53.8 Å². The lowest BCUT2D eigenvalue weighted by Gasteiger charge is -2.44. The lowest BCUT2D eigenvalue weighted by Crippen LogP contribution is -2.61. The highest BCUT2D eigenvalue weighted by molar-refractivity contribution is 8.00. The molecule has 2 amide bonds. The summed E-state index contributed by atoms with van der Waals surface area (Å²) in [6.07, 6.45) is -9.85. The molecule has 3 aliphatic rings. The second kappa shape index (κ2) is 27.2. The molecular weight excluding hydrogens is 1100 g/mol. The van der Waals surface area contributed by atoms with Crippen LogP contribution in [0, 0.1) is 0 Å². The van der Waals surface area contributed by atoms with Crippen LogP contribution in [0.15, 0.2) is 82.7 Å². The maximum absolute atomic E-state index is 15.8. The van der Waals surface area contributed by atoms with E-state index in [4.69, 9.17) is 47.4 Å². The van der Waals surface area contributed by atoms with E-state index >= 15 is 4.79 Å². The number of para-hydroxylation sites is 1. The summed E-state index contributed by atoms with van der Waals surface area (Å²) in [6, 6.07) is 19.2. The van der Waals surface area contributed by atoms with Crippen LogP contribution in [0.1, 0.15) is 114 Å². The largest absolute Gasteiger partial charge is 0.463 e. The highest BCUT2D eigenvalue weighted by atomic mass is 32.2. The van der Waals surface area contributed by atoms with Crippen molar-refractivity contribution in [3.05, 3.63) is 95.2 Å². The Morgan fingerprint density at radius 2 is 0.988 bits per heavy atom. The number of rotatable bonds is 18. The van der Waals surface area contributed by atoms with E-state index < -0.39 is 132 Å². The van der Waals surface area contributed by atoms with Crippen molar-refractivity contribution in [1.82, 2.24) is 10.3 Å². The number of nitrogens with zero attached hydrogens (tertiary/aromatic N) is 1. The molecule has 2 aliphatic heterocycles. The third-order valence-electron chi connectivity index (χ3n) is 12.8. The zero-order chi connectivity index (χ0) is 58.8. The summed E-state index contributed by atoms with van der Waals surface area (Å²) in [5, 5.41) is 6.70. The molecule has 4 aromatic rings. The minimum Gasteiger partial charge on any atom is -0.463 e. The summed E-state index contributed by atoms with van der Waals surface area (Å²) in [6.45, 7) is 9.08.